The second-order valence-electron chi connectivity index (χ2n) is 5.98. The van der Waals surface area contributed by atoms with E-state index in [2.05, 4.69) is 15.6 Å². The van der Waals surface area contributed by atoms with Crippen molar-refractivity contribution in [2.45, 2.75) is 25.7 Å². The number of benzene rings is 1. The van der Waals surface area contributed by atoms with Crippen LogP contribution in [0.15, 0.2) is 28.7 Å². The fraction of sp³-hybridized carbons (Fsp3) is 0.471. The highest BCUT2D eigenvalue weighted by Crippen LogP contribution is 2.29. The smallest absolute Gasteiger partial charge is 0.321 e. The van der Waals surface area contributed by atoms with Crippen molar-refractivity contribution in [1.82, 2.24) is 20.5 Å². The second kappa shape index (κ2) is 7.44. The number of piperidine rings is 1. The van der Waals surface area contributed by atoms with Gasteiger partial charge in [-0.05, 0) is 45.0 Å². The number of nitrogens with zero attached hydrogens (tertiary/aromatic N) is 2. The van der Waals surface area contributed by atoms with Crippen molar-refractivity contribution in [3.05, 3.63) is 30.2 Å². The van der Waals surface area contributed by atoms with Gasteiger partial charge in [0, 0.05) is 12.5 Å². The van der Waals surface area contributed by atoms with Gasteiger partial charge in [0.15, 0.2) is 11.5 Å². The number of aromatic nitrogens is 1. The molecular weight excluding hydrogens is 308 g/mol. The van der Waals surface area contributed by atoms with Gasteiger partial charge in [-0.3, -0.25) is 15.0 Å². The first-order valence-electron chi connectivity index (χ1n) is 8.31. The predicted octanol–water partition coefficient (Wildman–Crippen LogP) is 1.85. The maximum Gasteiger partial charge on any atom is 0.321 e. The number of amides is 3. The number of likely N-dealkylation sites (tertiary alicyclic amines) is 1. The SMILES string of the molecule is CCNC(=O)NC(=O)CN1CCC(c2nc3ccccc3o2)CC1. The summed E-state index contributed by atoms with van der Waals surface area (Å²) in [6.07, 6.45) is 1.78. The maximum absolute atomic E-state index is 11.8. The van der Waals surface area contributed by atoms with E-state index in [0.717, 1.165) is 42.9 Å². The van der Waals surface area contributed by atoms with Crippen LogP contribution >= 0.6 is 0 Å². The lowest BCUT2D eigenvalue weighted by Gasteiger charge is -2.29. The number of oxazole rings is 1. The van der Waals surface area contributed by atoms with Crippen molar-refractivity contribution in [2.75, 3.05) is 26.2 Å². The average molecular weight is 330 g/mol. The fourth-order valence-corrected chi connectivity index (χ4v) is 2.98. The molecule has 7 heteroatoms. The van der Waals surface area contributed by atoms with Crippen LogP contribution in [0.4, 0.5) is 4.79 Å². The van der Waals surface area contributed by atoms with Gasteiger partial charge in [-0.15, -0.1) is 0 Å². The molecule has 2 N–H and O–H groups in total. The molecule has 0 spiro atoms. The zero-order chi connectivity index (χ0) is 16.9. The normalized spacial score (nSPS) is 16.2. The zero-order valence-electron chi connectivity index (χ0n) is 13.7. The number of para-hydroxylation sites is 2. The minimum atomic E-state index is -0.441. The first kappa shape index (κ1) is 16.4. The number of nitrogens with one attached hydrogen (secondary N) is 2. The van der Waals surface area contributed by atoms with Crippen LogP contribution in [-0.2, 0) is 4.79 Å². The zero-order valence-corrected chi connectivity index (χ0v) is 13.7. The Hall–Kier alpha value is -2.41. The summed E-state index contributed by atoms with van der Waals surface area (Å²) in [6, 6.07) is 7.32. The lowest BCUT2D eigenvalue weighted by molar-refractivity contribution is -0.121. The average Bonchev–Trinajstić information content (AvgIpc) is 2.99. The number of imide groups is 1. The van der Waals surface area contributed by atoms with Crippen LogP contribution < -0.4 is 10.6 Å². The maximum atomic E-state index is 11.8. The minimum absolute atomic E-state index is 0.234. The number of fused-ring (bicyclic) bond motifs is 1. The molecular formula is C17H22N4O3. The molecule has 128 valence electrons. The van der Waals surface area contributed by atoms with Gasteiger partial charge < -0.3 is 9.73 Å². The standard InChI is InChI=1S/C17H22N4O3/c1-2-18-17(23)20-15(22)11-21-9-7-12(8-10-21)16-19-13-5-3-4-6-14(13)24-16/h3-6,12H,2,7-11H2,1H3,(H2,18,20,22,23). The van der Waals surface area contributed by atoms with E-state index in [9.17, 15) is 9.59 Å². The van der Waals surface area contributed by atoms with E-state index in [1.165, 1.54) is 0 Å². The van der Waals surface area contributed by atoms with Crippen LogP contribution in [0.1, 0.15) is 31.6 Å². The molecule has 3 amide bonds. The lowest BCUT2D eigenvalue weighted by Crippen LogP contribution is -2.46. The molecule has 24 heavy (non-hydrogen) atoms. The van der Waals surface area contributed by atoms with Gasteiger partial charge in [0.1, 0.15) is 5.52 Å². The third kappa shape index (κ3) is 3.91. The molecule has 0 unspecified atom stereocenters. The summed E-state index contributed by atoms with van der Waals surface area (Å²) in [6.45, 7) is 4.10. The van der Waals surface area contributed by atoms with E-state index < -0.39 is 6.03 Å². The van der Waals surface area contributed by atoms with E-state index in [1.54, 1.807) is 6.92 Å². The minimum Gasteiger partial charge on any atom is -0.440 e. The Morgan fingerprint density at radius 2 is 2.04 bits per heavy atom. The summed E-state index contributed by atoms with van der Waals surface area (Å²) in [5.41, 5.74) is 1.70. The lowest BCUT2D eigenvalue weighted by atomic mass is 9.97. The third-order valence-corrected chi connectivity index (χ3v) is 4.20. The highest BCUT2D eigenvalue weighted by Gasteiger charge is 2.25. The molecule has 1 aromatic carbocycles. The molecule has 1 aromatic heterocycles. The van der Waals surface area contributed by atoms with E-state index in [0.29, 0.717) is 6.54 Å². The fourth-order valence-electron chi connectivity index (χ4n) is 2.98. The highest BCUT2D eigenvalue weighted by atomic mass is 16.3. The van der Waals surface area contributed by atoms with Gasteiger partial charge in [0.05, 0.1) is 6.54 Å². The van der Waals surface area contributed by atoms with Gasteiger partial charge >= 0.3 is 6.03 Å². The summed E-state index contributed by atoms with van der Waals surface area (Å²) in [7, 11) is 0. The Labute approximate surface area is 140 Å². The Balaban J connectivity index is 1.50. The summed E-state index contributed by atoms with van der Waals surface area (Å²) in [4.78, 5) is 29.8. The first-order chi connectivity index (χ1) is 11.7. The Bertz CT molecular complexity index is 686. The van der Waals surface area contributed by atoms with E-state index >= 15 is 0 Å². The van der Waals surface area contributed by atoms with Gasteiger partial charge in [-0.1, -0.05) is 12.1 Å². The molecule has 1 fully saturated rings. The number of carbonyl (C=O) groups is 2. The van der Waals surface area contributed by atoms with Gasteiger partial charge in [-0.25, -0.2) is 9.78 Å². The summed E-state index contributed by atoms with van der Waals surface area (Å²) >= 11 is 0. The van der Waals surface area contributed by atoms with E-state index in [1.807, 2.05) is 29.2 Å². The topological polar surface area (TPSA) is 87.5 Å². The molecule has 0 radical (unpaired) electrons. The van der Waals surface area contributed by atoms with Crippen LogP contribution in [0.2, 0.25) is 0 Å². The molecule has 3 rings (SSSR count). The van der Waals surface area contributed by atoms with Crippen molar-refractivity contribution in [3.8, 4) is 0 Å². The molecule has 1 saturated heterocycles. The third-order valence-electron chi connectivity index (χ3n) is 4.20. The van der Waals surface area contributed by atoms with E-state index in [4.69, 9.17) is 4.42 Å². The van der Waals surface area contributed by atoms with Crippen molar-refractivity contribution in [2.24, 2.45) is 0 Å². The first-order valence-corrected chi connectivity index (χ1v) is 8.31. The Morgan fingerprint density at radius 1 is 1.29 bits per heavy atom. The summed E-state index contributed by atoms with van der Waals surface area (Å²) < 4.78 is 5.84. The molecule has 2 heterocycles. The number of carbonyl (C=O) groups excluding carboxylic acids is 2. The van der Waals surface area contributed by atoms with Crippen LogP contribution in [0.5, 0.6) is 0 Å². The molecule has 0 atom stereocenters. The van der Waals surface area contributed by atoms with E-state index in [-0.39, 0.29) is 18.4 Å². The Morgan fingerprint density at radius 3 is 2.75 bits per heavy atom. The van der Waals surface area contributed by atoms with Crippen LogP contribution in [0, 0.1) is 0 Å². The van der Waals surface area contributed by atoms with Crippen LogP contribution in [0.25, 0.3) is 11.1 Å². The predicted molar refractivity (Wildman–Crippen MR) is 89.6 cm³/mol. The van der Waals surface area contributed by atoms with Crippen molar-refractivity contribution >= 4 is 23.0 Å². The largest absolute Gasteiger partial charge is 0.440 e. The van der Waals surface area contributed by atoms with Crippen molar-refractivity contribution in [1.29, 1.82) is 0 Å². The molecule has 1 aliphatic heterocycles. The van der Waals surface area contributed by atoms with Crippen molar-refractivity contribution < 1.29 is 14.0 Å². The quantitative estimate of drug-likeness (QED) is 0.893. The Kier molecular flexibility index (Phi) is 5.10. The molecule has 0 bridgehead atoms. The highest BCUT2D eigenvalue weighted by molar-refractivity contribution is 5.95. The number of urea groups is 1. The molecule has 2 aromatic rings. The van der Waals surface area contributed by atoms with Crippen LogP contribution in [0.3, 0.4) is 0 Å². The van der Waals surface area contributed by atoms with Crippen LogP contribution in [-0.4, -0.2) is 48.0 Å². The summed E-state index contributed by atoms with van der Waals surface area (Å²) in [5, 5.41) is 4.87. The van der Waals surface area contributed by atoms with Crippen molar-refractivity contribution in [3.63, 3.8) is 0 Å². The molecule has 1 aliphatic rings. The van der Waals surface area contributed by atoms with Gasteiger partial charge in [0.2, 0.25) is 5.91 Å². The molecule has 7 nitrogen and oxygen atoms in total. The molecule has 0 saturated carbocycles. The second-order valence-corrected chi connectivity index (χ2v) is 5.98. The van der Waals surface area contributed by atoms with Gasteiger partial charge in [0.25, 0.3) is 0 Å². The monoisotopic (exact) mass is 330 g/mol. The number of rotatable bonds is 4. The summed E-state index contributed by atoms with van der Waals surface area (Å²) in [5.74, 6) is 0.781. The number of hydrogen-bond donors (Lipinski definition) is 2. The number of hydrogen-bond acceptors (Lipinski definition) is 5. The molecule has 0 aliphatic carbocycles. The van der Waals surface area contributed by atoms with Gasteiger partial charge in [-0.2, -0.15) is 0 Å².